The number of cyclic esters (lactones) is 1. The number of nitrogens with zero attached hydrogens (tertiary/aromatic N) is 1. The van der Waals surface area contributed by atoms with E-state index in [0.717, 1.165) is 45.3 Å². The number of likely N-dealkylation sites (tertiary alicyclic amines) is 1. The zero-order chi connectivity index (χ0) is 16.4. The first-order valence-corrected chi connectivity index (χ1v) is 10.2. The molecule has 4 nitrogen and oxygen atoms in total. The number of rotatable bonds is 3. The minimum atomic E-state index is -0.457. The fraction of sp³-hybridized carbons (Fsp3) is 0.950. The molecule has 2 aliphatic heterocycles. The maximum atomic E-state index is 12.5. The molecule has 4 unspecified atom stereocenters. The predicted molar refractivity (Wildman–Crippen MR) is 90.3 cm³/mol. The first kappa shape index (κ1) is 15.6. The lowest BCUT2D eigenvalue weighted by atomic mass is 9.46. The Morgan fingerprint density at radius 1 is 1.04 bits per heavy atom. The Labute approximate surface area is 144 Å². The van der Waals surface area contributed by atoms with Gasteiger partial charge in [0.15, 0.2) is 0 Å². The van der Waals surface area contributed by atoms with Crippen molar-refractivity contribution in [1.82, 2.24) is 4.90 Å². The lowest BCUT2D eigenvalue weighted by Crippen LogP contribution is -2.59. The van der Waals surface area contributed by atoms with Crippen molar-refractivity contribution in [3.8, 4) is 0 Å². The van der Waals surface area contributed by atoms with Gasteiger partial charge in [0.1, 0.15) is 6.10 Å². The Morgan fingerprint density at radius 3 is 2.42 bits per heavy atom. The number of piperidine rings is 1. The summed E-state index contributed by atoms with van der Waals surface area (Å²) in [4.78, 5) is 15.0. The van der Waals surface area contributed by atoms with Gasteiger partial charge in [-0.2, -0.15) is 0 Å². The van der Waals surface area contributed by atoms with E-state index < -0.39 is 5.60 Å². The Kier molecular flexibility index (Phi) is 3.54. The summed E-state index contributed by atoms with van der Waals surface area (Å²) < 4.78 is 5.97. The summed E-state index contributed by atoms with van der Waals surface area (Å²) in [6, 6.07) is 0. The Morgan fingerprint density at radius 2 is 1.75 bits per heavy atom. The van der Waals surface area contributed by atoms with Gasteiger partial charge in [-0.1, -0.05) is 6.42 Å². The van der Waals surface area contributed by atoms with Crippen LogP contribution < -0.4 is 0 Å². The summed E-state index contributed by atoms with van der Waals surface area (Å²) in [6.45, 7) is 3.18. The van der Waals surface area contributed by atoms with E-state index in [1.165, 1.54) is 38.5 Å². The van der Waals surface area contributed by atoms with Crippen LogP contribution in [0.25, 0.3) is 0 Å². The standard InChI is InChI=1S/C20H31NO3/c22-18-16(12-21-4-2-1-3-5-21)7-17(24-18)19-8-14-6-15(9-19)11-20(23,10-14)13-19/h14-17,23H,1-13H2. The second-order valence-electron chi connectivity index (χ2n) is 9.77. The van der Waals surface area contributed by atoms with Crippen molar-refractivity contribution in [1.29, 1.82) is 0 Å². The molecule has 2 heterocycles. The number of ether oxygens (including phenoxy) is 1. The van der Waals surface area contributed by atoms with Crippen molar-refractivity contribution in [3.63, 3.8) is 0 Å². The molecule has 4 bridgehead atoms. The lowest BCUT2D eigenvalue weighted by molar-refractivity contribution is -0.199. The molecular weight excluding hydrogens is 302 g/mol. The molecule has 6 aliphatic rings. The molecule has 0 radical (unpaired) electrons. The van der Waals surface area contributed by atoms with Gasteiger partial charge >= 0.3 is 5.97 Å². The van der Waals surface area contributed by atoms with Crippen LogP contribution in [0.5, 0.6) is 0 Å². The zero-order valence-corrected chi connectivity index (χ0v) is 14.7. The summed E-state index contributed by atoms with van der Waals surface area (Å²) in [7, 11) is 0. The molecular formula is C20H31NO3. The number of carbonyl (C=O) groups is 1. The molecule has 0 spiro atoms. The summed E-state index contributed by atoms with van der Waals surface area (Å²) >= 11 is 0. The van der Waals surface area contributed by atoms with Gasteiger partial charge in [-0.25, -0.2) is 0 Å². The van der Waals surface area contributed by atoms with Crippen LogP contribution in [0.2, 0.25) is 0 Å². The van der Waals surface area contributed by atoms with Crippen LogP contribution in [0.15, 0.2) is 0 Å². The SMILES string of the molecule is O=C1OC(C23CC4CC(CC(O)(C4)C2)C3)CC1CN1CCCCC1. The summed E-state index contributed by atoms with van der Waals surface area (Å²) in [6.07, 6.45) is 11.3. The van der Waals surface area contributed by atoms with E-state index in [1.54, 1.807) is 0 Å². The minimum Gasteiger partial charge on any atom is -0.461 e. The van der Waals surface area contributed by atoms with Gasteiger partial charge < -0.3 is 14.7 Å². The summed E-state index contributed by atoms with van der Waals surface area (Å²) in [5.41, 5.74) is -0.368. The van der Waals surface area contributed by atoms with Crippen LogP contribution in [-0.4, -0.2) is 47.3 Å². The van der Waals surface area contributed by atoms with Gasteiger partial charge in [-0.05, 0) is 82.7 Å². The Hall–Kier alpha value is -0.610. The fourth-order valence-corrected chi connectivity index (χ4v) is 7.28. The highest BCUT2D eigenvalue weighted by Gasteiger charge is 2.62. The van der Waals surface area contributed by atoms with Crippen LogP contribution in [0, 0.1) is 23.2 Å². The van der Waals surface area contributed by atoms with Crippen LogP contribution in [0.1, 0.15) is 64.2 Å². The van der Waals surface area contributed by atoms with E-state index in [-0.39, 0.29) is 23.4 Å². The van der Waals surface area contributed by atoms with Gasteiger partial charge in [0, 0.05) is 12.0 Å². The molecule has 4 saturated carbocycles. The maximum Gasteiger partial charge on any atom is 0.310 e. The smallest absolute Gasteiger partial charge is 0.310 e. The highest BCUT2D eigenvalue weighted by Crippen LogP contribution is 2.64. The summed E-state index contributed by atoms with van der Waals surface area (Å²) in [5.74, 6) is 1.43. The second kappa shape index (κ2) is 5.44. The van der Waals surface area contributed by atoms with Crippen molar-refractivity contribution in [2.45, 2.75) is 75.9 Å². The molecule has 4 aliphatic carbocycles. The maximum absolute atomic E-state index is 12.5. The number of hydrogen-bond acceptors (Lipinski definition) is 4. The topological polar surface area (TPSA) is 49.8 Å². The van der Waals surface area contributed by atoms with Gasteiger partial charge in [0.05, 0.1) is 11.5 Å². The lowest BCUT2D eigenvalue weighted by Gasteiger charge is -2.61. The molecule has 0 aromatic heterocycles. The van der Waals surface area contributed by atoms with Gasteiger partial charge in [-0.3, -0.25) is 4.79 Å². The van der Waals surface area contributed by atoms with Gasteiger partial charge in [-0.15, -0.1) is 0 Å². The van der Waals surface area contributed by atoms with E-state index >= 15 is 0 Å². The first-order valence-electron chi connectivity index (χ1n) is 10.2. The second-order valence-corrected chi connectivity index (χ2v) is 9.77. The van der Waals surface area contributed by atoms with Gasteiger partial charge in [0.2, 0.25) is 0 Å². The number of esters is 1. The van der Waals surface area contributed by atoms with Crippen LogP contribution >= 0.6 is 0 Å². The van der Waals surface area contributed by atoms with Crippen LogP contribution in [0.3, 0.4) is 0 Å². The minimum absolute atomic E-state index is 0.0355. The third-order valence-corrected chi connectivity index (χ3v) is 7.78. The number of hydrogen-bond donors (Lipinski definition) is 1. The van der Waals surface area contributed by atoms with Crippen molar-refractivity contribution >= 4 is 5.97 Å². The Bertz CT molecular complexity index is 513. The Balaban J connectivity index is 1.30. The number of carbonyl (C=O) groups excluding carboxylic acids is 1. The van der Waals surface area contributed by atoms with E-state index in [1.807, 2.05) is 0 Å². The molecule has 0 aromatic carbocycles. The van der Waals surface area contributed by atoms with Crippen LogP contribution in [0.4, 0.5) is 0 Å². The first-order chi connectivity index (χ1) is 11.5. The molecule has 134 valence electrons. The molecule has 4 heteroatoms. The largest absolute Gasteiger partial charge is 0.461 e. The highest BCUT2D eigenvalue weighted by atomic mass is 16.6. The molecule has 0 amide bonds. The number of aliphatic hydroxyl groups is 1. The zero-order valence-electron chi connectivity index (χ0n) is 14.7. The third kappa shape index (κ3) is 2.52. The molecule has 6 fully saturated rings. The molecule has 2 saturated heterocycles. The summed E-state index contributed by atoms with van der Waals surface area (Å²) in [5, 5.41) is 11.0. The predicted octanol–water partition coefficient (Wildman–Crippen LogP) is 2.74. The van der Waals surface area contributed by atoms with Gasteiger partial charge in [0.25, 0.3) is 0 Å². The quantitative estimate of drug-likeness (QED) is 0.807. The van der Waals surface area contributed by atoms with Crippen molar-refractivity contribution in [3.05, 3.63) is 0 Å². The monoisotopic (exact) mass is 333 g/mol. The normalized spacial score (nSPS) is 51.1. The molecule has 0 aromatic rings. The van der Waals surface area contributed by atoms with Crippen molar-refractivity contribution in [2.75, 3.05) is 19.6 Å². The molecule has 4 atom stereocenters. The van der Waals surface area contributed by atoms with Crippen molar-refractivity contribution in [2.24, 2.45) is 23.2 Å². The van der Waals surface area contributed by atoms with E-state index in [9.17, 15) is 9.90 Å². The molecule has 24 heavy (non-hydrogen) atoms. The van der Waals surface area contributed by atoms with Crippen LogP contribution in [-0.2, 0) is 9.53 Å². The third-order valence-electron chi connectivity index (χ3n) is 7.78. The van der Waals surface area contributed by atoms with E-state index in [0.29, 0.717) is 11.8 Å². The van der Waals surface area contributed by atoms with Crippen molar-refractivity contribution < 1.29 is 14.6 Å². The van der Waals surface area contributed by atoms with E-state index in [4.69, 9.17) is 4.74 Å². The molecule has 1 N–H and O–H groups in total. The average molecular weight is 333 g/mol. The highest BCUT2D eigenvalue weighted by molar-refractivity contribution is 5.75. The van der Waals surface area contributed by atoms with E-state index in [2.05, 4.69) is 4.90 Å². The fourth-order valence-electron chi connectivity index (χ4n) is 7.28. The average Bonchev–Trinajstić information content (AvgIpc) is 2.88. The molecule has 6 rings (SSSR count).